The van der Waals surface area contributed by atoms with E-state index in [1.54, 1.807) is 4.68 Å². The second-order valence-electron chi connectivity index (χ2n) is 4.19. The number of nitrogens with zero attached hydrogens (tertiary/aromatic N) is 1. The van der Waals surface area contributed by atoms with Crippen LogP contribution < -0.4 is 5.56 Å². The minimum absolute atomic E-state index is 0.0335. The van der Waals surface area contributed by atoms with E-state index in [1.165, 1.54) is 5.56 Å². The van der Waals surface area contributed by atoms with E-state index in [0.717, 1.165) is 23.4 Å². The van der Waals surface area contributed by atoms with Gasteiger partial charge in [0.25, 0.3) is 5.56 Å². The molecule has 0 saturated carbocycles. The number of hydrogen-bond donors (Lipinski definition) is 1. The van der Waals surface area contributed by atoms with Gasteiger partial charge < -0.3 is 0 Å². The Labute approximate surface area is 109 Å². The van der Waals surface area contributed by atoms with Gasteiger partial charge in [0.15, 0.2) is 0 Å². The lowest BCUT2D eigenvalue weighted by molar-refractivity contribution is 0.813. The Kier molecular flexibility index (Phi) is 3.24. The molecule has 2 aromatic rings. The summed E-state index contributed by atoms with van der Waals surface area (Å²) in [5.41, 5.74) is 4.08. The maximum atomic E-state index is 12.1. The molecule has 2 rings (SSSR count). The lowest BCUT2D eigenvalue weighted by Crippen LogP contribution is -2.15. The zero-order valence-electron chi connectivity index (χ0n) is 10.2. The molecule has 3 nitrogen and oxygen atoms in total. The molecule has 0 amide bonds. The van der Waals surface area contributed by atoms with Gasteiger partial charge >= 0.3 is 0 Å². The van der Waals surface area contributed by atoms with Crippen molar-refractivity contribution in [2.24, 2.45) is 0 Å². The SMILES string of the molecule is CCc1[nH]n(-c2ccc(C)cc2C)c(=O)c1Br. The maximum Gasteiger partial charge on any atom is 0.285 e. The van der Waals surface area contributed by atoms with Gasteiger partial charge in [-0.2, -0.15) is 0 Å². The van der Waals surface area contributed by atoms with Crippen LogP contribution in [0.5, 0.6) is 0 Å². The topological polar surface area (TPSA) is 37.8 Å². The highest BCUT2D eigenvalue weighted by atomic mass is 79.9. The molecule has 0 spiro atoms. The predicted octanol–water partition coefficient (Wildman–Crippen LogP) is 3.11. The van der Waals surface area contributed by atoms with E-state index >= 15 is 0 Å². The number of benzene rings is 1. The Morgan fingerprint density at radius 3 is 2.59 bits per heavy atom. The van der Waals surface area contributed by atoms with Crippen LogP contribution in [0.15, 0.2) is 27.5 Å². The first-order valence-electron chi connectivity index (χ1n) is 5.61. The molecule has 0 atom stereocenters. The van der Waals surface area contributed by atoms with Crippen molar-refractivity contribution in [2.75, 3.05) is 0 Å². The first-order valence-corrected chi connectivity index (χ1v) is 6.41. The Hall–Kier alpha value is -1.29. The van der Waals surface area contributed by atoms with Crippen molar-refractivity contribution in [2.45, 2.75) is 27.2 Å². The van der Waals surface area contributed by atoms with Gasteiger partial charge in [-0.3, -0.25) is 9.89 Å². The second-order valence-corrected chi connectivity index (χ2v) is 4.98. The van der Waals surface area contributed by atoms with Gasteiger partial charge in [0.1, 0.15) is 4.47 Å². The predicted molar refractivity (Wildman–Crippen MR) is 72.9 cm³/mol. The number of aromatic nitrogens is 2. The molecular weight excluding hydrogens is 280 g/mol. The molecule has 0 bridgehead atoms. The van der Waals surface area contributed by atoms with Gasteiger partial charge in [0.05, 0.1) is 11.4 Å². The molecule has 0 radical (unpaired) electrons. The average molecular weight is 295 g/mol. The standard InChI is InChI=1S/C13H15BrN2O/c1-4-10-12(14)13(17)16(15-10)11-6-5-8(2)7-9(11)3/h5-7,15H,4H2,1-3H3. The average Bonchev–Trinajstić information content (AvgIpc) is 2.57. The Morgan fingerprint density at radius 1 is 1.35 bits per heavy atom. The third kappa shape index (κ3) is 2.09. The molecule has 0 unspecified atom stereocenters. The van der Waals surface area contributed by atoms with Crippen molar-refractivity contribution in [3.63, 3.8) is 0 Å². The first kappa shape index (κ1) is 12.2. The quantitative estimate of drug-likeness (QED) is 0.908. The number of hydrogen-bond acceptors (Lipinski definition) is 1. The van der Waals surface area contributed by atoms with Crippen molar-refractivity contribution in [1.29, 1.82) is 0 Å². The van der Waals surface area contributed by atoms with E-state index < -0.39 is 0 Å². The molecule has 0 saturated heterocycles. The Balaban J connectivity index is 2.65. The highest BCUT2D eigenvalue weighted by Gasteiger charge is 2.12. The minimum Gasteiger partial charge on any atom is -0.294 e. The van der Waals surface area contributed by atoms with Gasteiger partial charge in [-0.1, -0.05) is 24.6 Å². The van der Waals surface area contributed by atoms with Crippen LogP contribution in [0, 0.1) is 13.8 Å². The molecule has 0 aliphatic rings. The van der Waals surface area contributed by atoms with E-state index in [4.69, 9.17) is 0 Å². The molecule has 90 valence electrons. The summed E-state index contributed by atoms with van der Waals surface area (Å²) >= 11 is 3.33. The van der Waals surface area contributed by atoms with E-state index in [0.29, 0.717) is 4.47 Å². The molecular formula is C13H15BrN2O. The van der Waals surface area contributed by atoms with Gasteiger partial charge in [0, 0.05) is 0 Å². The largest absolute Gasteiger partial charge is 0.294 e. The molecule has 1 heterocycles. The summed E-state index contributed by atoms with van der Waals surface area (Å²) in [7, 11) is 0. The second kappa shape index (κ2) is 4.53. The van der Waals surface area contributed by atoms with Crippen molar-refractivity contribution >= 4 is 15.9 Å². The molecule has 0 aliphatic heterocycles. The number of H-pyrrole nitrogens is 1. The number of aromatic amines is 1. The number of rotatable bonds is 2. The lowest BCUT2D eigenvalue weighted by Gasteiger charge is -2.06. The fourth-order valence-corrected chi connectivity index (χ4v) is 2.47. The fraction of sp³-hybridized carbons (Fsp3) is 0.308. The van der Waals surface area contributed by atoms with Crippen LogP contribution in [-0.4, -0.2) is 9.78 Å². The lowest BCUT2D eigenvalue weighted by atomic mass is 10.1. The third-order valence-corrected chi connectivity index (χ3v) is 3.67. The van der Waals surface area contributed by atoms with Crippen LogP contribution in [0.25, 0.3) is 5.69 Å². The van der Waals surface area contributed by atoms with Crippen LogP contribution in [0.3, 0.4) is 0 Å². The number of halogens is 1. The zero-order valence-corrected chi connectivity index (χ0v) is 11.8. The fourth-order valence-electron chi connectivity index (χ4n) is 1.92. The smallest absolute Gasteiger partial charge is 0.285 e. The Bertz CT molecular complexity index is 610. The maximum absolute atomic E-state index is 12.1. The number of aryl methyl sites for hydroxylation is 3. The van der Waals surface area contributed by atoms with Crippen molar-refractivity contribution in [3.8, 4) is 5.69 Å². The summed E-state index contributed by atoms with van der Waals surface area (Å²) in [6, 6.07) is 6.05. The van der Waals surface area contributed by atoms with Gasteiger partial charge in [0.2, 0.25) is 0 Å². The summed E-state index contributed by atoms with van der Waals surface area (Å²) in [6.07, 6.45) is 0.799. The minimum atomic E-state index is -0.0335. The zero-order chi connectivity index (χ0) is 12.6. The molecule has 0 fully saturated rings. The molecule has 4 heteroatoms. The van der Waals surface area contributed by atoms with Crippen molar-refractivity contribution < 1.29 is 0 Å². The highest BCUT2D eigenvalue weighted by molar-refractivity contribution is 9.10. The highest BCUT2D eigenvalue weighted by Crippen LogP contribution is 2.17. The monoisotopic (exact) mass is 294 g/mol. The molecule has 1 aromatic heterocycles. The molecule has 0 aliphatic carbocycles. The number of nitrogens with one attached hydrogen (secondary N) is 1. The van der Waals surface area contributed by atoms with Crippen molar-refractivity contribution in [3.05, 3.63) is 49.8 Å². The van der Waals surface area contributed by atoms with Gasteiger partial charge in [-0.25, -0.2) is 4.68 Å². The first-order chi connectivity index (χ1) is 8.04. The third-order valence-electron chi connectivity index (χ3n) is 2.85. The Morgan fingerprint density at radius 2 is 2.06 bits per heavy atom. The van der Waals surface area contributed by atoms with Crippen LogP contribution in [0.2, 0.25) is 0 Å². The van der Waals surface area contributed by atoms with Gasteiger partial charge in [-0.05, 0) is 47.8 Å². The van der Waals surface area contributed by atoms with Crippen LogP contribution in [0.1, 0.15) is 23.7 Å². The molecule has 17 heavy (non-hydrogen) atoms. The summed E-state index contributed by atoms with van der Waals surface area (Å²) < 4.78 is 2.22. The van der Waals surface area contributed by atoms with Crippen LogP contribution in [-0.2, 0) is 6.42 Å². The van der Waals surface area contributed by atoms with Gasteiger partial charge in [-0.15, -0.1) is 0 Å². The molecule has 1 N–H and O–H groups in total. The van der Waals surface area contributed by atoms with E-state index in [1.807, 2.05) is 32.9 Å². The van der Waals surface area contributed by atoms with E-state index in [-0.39, 0.29) is 5.56 Å². The van der Waals surface area contributed by atoms with E-state index in [2.05, 4.69) is 27.1 Å². The van der Waals surface area contributed by atoms with Crippen molar-refractivity contribution in [1.82, 2.24) is 9.78 Å². The summed E-state index contributed by atoms with van der Waals surface area (Å²) in [4.78, 5) is 12.1. The normalized spacial score (nSPS) is 10.8. The van der Waals surface area contributed by atoms with Crippen LogP contribution in [0.4, 0.5) is 0 Å². The summed E-state index contributed by atoms with van der Waals surface area (Å²) in [5, 5.41) is 3.13. The summed E-state index contributed by atoms with van der Waals surface area (Å²) in [5.74, 6) is 0. The van der Waals surface area contributed by atoms with Crippen LogP contribution >= 0.6 is 15.9 Å². The molecule has 1 aromatic carbocycles. The van der Waals surface area contributed by atoms with E-state index in [9.17, 15) is 4.79 Å². The summed E-state index contributed by atoms with van der Waals surface area (Å²) in [6.45, 7) is 6.07.